The topological polar surface area (TPSA) is 0 Å². The Morgan fingerprint density at radius 3 is 1.46 bits per heavy atom. The molecule has 0 aromatic rings. The van der Waals surface area contributed by atoms with Crippen LogP contribution in [0.1, 0.15) is 48.0 Å². The van der Waals surface area contributed by atoms with Crippen LogP contribution in [0.4, 0.5) is 0 Å². The molecule has 0 aromatic carbocycles. The average Bonchev–Trinajstić information content (AvgIpc) is 2.01. The molecule has 0 saturated carbocycles. The molecule has 0 bridgehead atoms. The summed E-state index contributed by atoms with van der Waals surface area (Å²) in [6.07, 6.45) is 1.11. The Balaban J connectivity index is 5.19. The molecule has 0 heteroatoms. The first kappa shape index (κ1) is 12.5. The van der Waals surface area contributed by atoms with Crippen LogP contribution in [0.3, 0.4) is 0 Å². The molecule has 0 aromatic heterocycles. The van der Waals surface area contributed by atoms with Crippen molar-refractivity contribution in [1.29, 1.82) is 0 Å². The molecule has 0 radical (unpaired) electrons. The predicted octanol–water partition coefficient (Wildman–Crippen LogP) is 4.58. The fraction of sp³-hybridized carbons (Fsp3) is 0.692. The fourth-order valence-corrected chi connectivity index (χ4v) is 1.75. The summed E-state index contributed by atoms with van der Waals surface area (Å²) in [5, 5.41) is 0. The van der Waals surface area contributed by atoms with Gasteiger partial charge in [0.25, 0.3) is 0 Å². The molecule has 13 heavy (non-hydrogen) atoms. The van der Waals surface area contributed by atoms with Gasteiger partial charge < -0.3 is 0 Å². The van der Waals surface area contributed by atoms with E-state index in [9.17, 15) is 0 Å². The minimum atomic E-state index is 0.133. The summed E-state index contributed by atoms with van der Waals surface area (Å²) in [5.41, 5.74) is 2.79. The highest BCUT2D eigenvalue weighted by Gasteiger charge is 2.40. The smallest absolute Gasteiger partial charge is 0.00364 e. The Bertz CT molecular complexity index is 220. The zero-order valence-corrected chi connectivity index (χ0v) is 10.1. The van der Waals surface area contributed by atoms with Crippen molar-refractivity contribution in [3.63, 3.8) is 0 Å². The van der Waals surface area contributed by atoms with E-state index in [2.05, 4.69) is 54.7 Å². The second kappa shape index (κ2) is 3.69. The number of allylic oxidation sites excluding steroid dienone is 2. The van der Waals surface area contributed by atoms with Crippen LogP contribution in [0.15, 0.2) is 24.3 Å². The molecular formula is C13H24. The lowest BCUT2D eigenvalue weighted by molar-refractivity contribution is 0.168. The third-order valence-electron chi connectivity index (χ3n) is 4.10. The van der Waals surface area contributed by atoms with Crippen molar-refractivity contribution in [1.82, 2.24) is 0 Å². The molecule has 1 atom stereocenters. The summed E-state index contributed by atoms with van der Waals surface area (Å²) in [5.74, 6) is 0. The Morgan fingerprint density at radius 1 is 1.00 bits per heavy atom. The Kier molecular flexibility index (Phi) is 3.54. The van der Waals surface area contributed by atoms with Crippen molar-refractivity contribution in [3.8, 4) is 0 Å². The second-order valence-electron chi connectivity index (χ2n) is 4.87. The molecule has 0 saturated heterocycles. The minimum Gasteiger partial charge on any atom is -0.0996 e. The largest absolute Gasteiger partial charge is 0.0996 e. The van der Waals surface area contributed by atoms with E-state index in [0.29, 0.717) is 0 Å². The zero-order chi connectivity index (χ0) is 10.9. The molecule has 0 N–H and O–H groups in total. The molecule has 1 unspecified atom stereocenters. The molecular weight excluding hydrogens is 156 g/mol. The highest BCUT2D eigenvalue weighted by molar-refractivity contribution is 5.20. The standard InChI is InChI=1S/C13H24/c1-9-13(8,11(4)5)12(6,7)10(2)3/h2,4,9H2,1,3,5-8H3. The molecule has 0 fully saturated rings. The first-order valence-electron chi connectivity index (χ1n) is 5.02. The predicted molar refractivity (Wildman–Crippen MR) is 61.8 cm³/mol. The van der Waals surface area contributed by atoms with E-state index >= 15 is 0 Å². The van der Waals surface area contributed by atoms with Crippen molar-refractivity contribution in [2.24, 2.45) is 10.8 Å². The normalized spacial score (nSPS) is 16.5. The van der Waals surface area contributed by atoms with Gasteiger partial charge in [-0.1, -0.05) is 52.0 Å². The minimum absolute atomic E-state index is 0.133. The van der Waals surface area contributed by atoms with E-state index in [1.54, 1.807) is 0 Å². The molecule has 0 nitrogen and oxygen atoms in total. The van der Waals surface area contributed by atoms with E-state index in [-0.39, 0.29) is 10.8 Å². The van der Waals surface area contributed by atoms with Crippen LogP contribution in [0.5, 0.6) is 0 Å². The van der Waals surface area contributed by atoms with Gasteiger partial charge in [0.2, 0.25) is 0 Å². The van der Waals surface area contributed by atoms with Gasteiger partial charge in [0.15, 0.2) is 0 Å². The van der Waals surface area contributed by atoms with E-state index in [1.807, 2.05) is 0 Å². The quantitative estimate of drug-likeness (QED) is 0.555. The lowest BCUT2D eigenvalue weighted by Gasteiger charge is -2.45. The highest BCUT2D eigenvalue weighted by Crippen LogP contribution is 2.50. The van der Waals surface area contributed by atoms with Crippen LogP contribution in [-0.4, -0.2) is 0 Å². The molecule has 0 aliphatic rings. The lowest BCUT2D eigenvalue weighted by atomic mass is 9.59. The van der Waals surface area contributed by atoms with Gasteiger partial charge in [-0.2, -0.15) is 0 Å². The first-order valence-corrected chi connectivity index (χ1v) is 5.02. The maximum atomic E-state index is 4.11. The Morgan fingerprint density at radius 2 is 1.38 bits per heavy atom. The molecule has 0 heterocycles. The van der Waals surface area contributed by atoms with Gasteiger partial charge in [0.1, 0.15) is 0 Å². The van der Waals surface area contributed by atoms with Crippen LogP contribution in [0, 0.1) is 10.8 Å². The van der Waals surface area contributed by atoms with E-state index in [1.165, 1.54) is 11.1 Å². The summed E-state index contributed by atoms with van der Waals surface area (Å²) in [6.45, 7) is 21.4. The number of rotatable bonds is 4. The maximum absolute atomic E-state index is 4.11. The van der Waals surface area contributed by atoms with Crippen LogP contribution >= 0.6 is 0 Å². The summed E-state index contributed by atoms with van der Waals surface area (Å²) >= 11 is 0. The van der Waals surface area contributed by atoms with Crippen molar-refractivity contribution >= 4 is 0 Å². The molecule has 76 valence electrons. The van der Waals surface area contributed by atoms with Crippen molar-refractivity contribution in [2.45, 2.75) is 48.0 Å². The highest BCUT2D eigenvalue weighted by atomic mass is 14.4. The Hall–Kier alpha value is -0.520. The van der Waals surface area contributed by atoms with Gasteiger partial charge in [-0.3, -0.25) is 0 Å². The zero-order valence-electron chi connectivity index (χ0n) is 10.1. The molecule has 0 amide bonds. The first-order chi connectivity index (χ1) is 5.70. The van der Waals surface area contributed by atoms with Gasteiger partial charge >= 0.3 is 0 Å². The van der Waals surface area contributed by atoms with Crippen LogP contribution in [-0.2, 0) is 0 Å². The summed E-state index contributed by atoms with van der Waals surface area (Å²) in [4.78, 5) is 0. The van der Waals surface area contributed by atoms with E-state index < -0.39 is 0 Å². The Labute approximate surface area is 83.7 Å². The van der Waals surface area contributed by atoms with Gasteiger partial charge in [-0.05, 0) is 31.1 Å². The number of hydrogen-bond donors (Lipinski definition) is 0. The third kappa shape index (κ3) is 1.87. The maximum Gasteiger partial charge on any atom is -0.00364 e. The average molecular weight is 180 g/mol. The van der Waals surface area contributed by atoms with Crippen LogP contribution < -0.4 is 0 Å². The molecule has 0 rings (SSSR count). The van der Waals surface area contributed by atoms with Gasteiger partial charge in [0.05, 0.1) is 0 Å². The lowest BCUT2D eigenvalue weighted by Crippen LogP contribution is -2.36. The summed E-state index contributed by atoms with van der Waals surface area (Å²) < 4.78 is 0. The van der Waals surface area contributed by atoms with Crippen LogP contribution in [0.2, 0.25) is 0 Å². The van der Waals surface area contributed by atoms with E-state index in [0.717, 1.165) is 6.42 Å². The SMILES string of the molecule is C=C(C)C(C)(C)C(C)(CC)C(=C)C. The molecule has 0 spiro atoms. The van der Waals surface area contributed by atoms with Gasteiger partial charge in [-0.15, -0.1) is 0 Å². The fourth-order valence-electron chi connectivity index (χ4n) is 1.75. The van der Waals surface area contributed by atoms with Crippen molar-refractivity contribution in [3.05, 3.63) is 24.3 Å². The monoisotopic (exact) mass is 180 g/mol. The summed E-state index contributed by atoms with van der Waals surface area (Å²) in [7, 11) is 0. The van der Waals surface area contributed by atoms with Crippen molar-refractivity contribution < 1.29 is 0 Å². The van der Waals surface area contributed by atoms with Crippen molar-refractivity contribution in [2.75, 3.05) is 0 Å². The van der Waals surface area contributed by atoms with E-state index in [4.69, 9.17) is 0 Å². The number of hydrogen-bond acceptors (Lipinski definition) is 0. The second-order valence-corrected chi connectivity index (χ2v) is 4.87. The molecule has 0 aliphatic carbocycles. The summed E-state index contributed by atoms with van der Waals surface area (Å²) in [6, 6.07) is 0. The van der Waals surface area contributed by atoms with Crippen LogP contribution in [0.25, 0.3) is 0 Å². The molecule has 0 aliphatic heterocycles. The van der Waals surface area contributed by atoms with Gasteiger partial charge in [0, 0.05) is 0 Å². The third-order valence-corrected chi connectivity index (χ3v) is 4.10. The van der Waals surface area contributed by atoms with Gasteiger partial charge in [-0.25, -0.2) is 0 Å².